The first-order valence-corrected chi connectivity index (χ1v) is 10.2. The van der Waals surface area contributed by atoms with E-state index in [1.807, 2.05) is 36.4 Å². The van der Waals surface area contributed by atoms with Crippen molar-refractivity contribution in [2.24, 2.45) is 4.99 Å². The number of para-hydroxylation sites is 1. The van der Waals surface area contributed by atoms with E-state index in [4.69, 9.17) is 9.73 Å². The van der Waals surface area contributed by atoms with Gasteiger partial charge in [-0.25, -0.2) is 4.99 Å². The molecular formula is C23H32IN3O2. The molecule has 3 N–H and O–H groups in total. The minimum atomic E-state index is -0.147. The second-order valence-corrected chi connectivity index (χ2v) is 7.23. The normalized spacial score (nSPS) is 19.2. The smallest absolute Gasteiger partial charge is 0.191 e. The number of hydrogen-bond donors (Lipinski definition) is 3. The average Bonchev–Trinajstić information content (AvgIpc) is 2.73. The van der Waals surface area contributed by atoms with Crippen LogP contribution >= 0.6 is 24.0 Å². The van der Waals surface area contributed by atoms with Crippen LogP contribution in [0.5, 0.6) is 5.75 Å². The summed E-state index contributed by atoms with van der Waals surface area (Å²) in [5, 5.41) is 16.5. The number of benzene rings is 2. The van der Waals surface area contributed by atoms with Crippen molar-refractivity contribution < 1.29 is 9.84 Å². The lowest BCUT2D eigenvalue weighted by Gasteiger charge is -2.27. The van der Waals surface area contributed by atoms with Gasteiger partial charge in [0.2, 0.25) is 0 Å². The van der Waals surface area contributed by atoms with Gasteiger partial charge in [-0.15, -0.1) is 24.0 Å². The lowest BCUT2D eigenvalue weighted by molar-refractivity contribution is 0.120. The number of aliphatic hydroxyl groups excluding tert-OH is 1. The summed E-state index contributed by atoms with van der Waals surface area (Å²) in [7, 11) is 0. The lowest BCUT2D eigenvalue weighted by Crippen LogP contribution is -2.45. The predicted molar refractivity (Wildman–Crippen MR) is 129 cm³/mol. The van der Waals surface area contributed by atoms with E-state index < -0.39 is 0 Å². The van der Waals surface area contributed by atoms with Crippen LogP contribution in [-0.2, 0) is 13.2 Å². The van der Waals surface area contributed by atoms with Crippen molar-refractivity contribution in [1.82, 2.24) is 10.6 Å². The van der Waals surface area contributed by atoms with Gasteiger partial charge >= 0.3 is 0 Å². The first-order chi connectivity index (χ1) is 13.7. The molecule has 1 aliphatic rings. The molecule has 0 amide bonds. The molecule has 5 nitrogen and oxygen atoms in total. The number of halogens is 1. The van der Waals surface area contributed by atoms with Gasteiger partial charge in [0.05, 0.1) is 12.6 Å². The maximum atomic E-state index is 9.69. The molecule has 1 aliphatic carbocycles. The fourth-order valence-corrected chi connectivity index (χ4v) is 3.41. The Morgan fingerprint density at radius 2 is 1.72 bits per heavy atom. The van der Waals surface area contributed by atoms with E-state index in [9.17, 15) is 5.11 Å². The van der Waals surface area contributed by atoms with Crippen molar-refractivity contribution in [2.45, 2.75) is 57.9 Å². The molecule has 3 rings (SSSR count). The van der Waals surface area contributed by atoms with Crippen molar-refractivity contribution >= 4 is 29.9 Å². The zero-order chi connectivity index (χ0) is 19.6. The Morgan fingerprint density at radius 3 is 2.45 bits per heavy atom. The summed E-state index contributed by atoms with van der Waals surface area (Å²) < 4.78 is 6.04. The second kappa shape index (κ2) is 12.7. The standard InChI is InChI=1S/C23H31N3O2.HI/c1-2-24-23(26-20-12-14-21(27)15-13-20)25-16-19-10-6-7-11-22(19)28-17-18-8-4-3-5-9-18;/h3-11,20-21,27H,2,12-17H2,1H3,(H2,24,25,26);1H. The van der Waals surface area contributed by atoms with Crippen molar-refractivity contribution in [1.29, 1.82) is 0 Å². The summed E-state index contributed by atoms with van der Waals surface area (Å²) in [6.07, 6.45) is 3.51. The maximum absolute atomic E-state index is 9.69. The Morgan fingerprint density at radius 1 is 1.03 bits per heavy atom. The van der Waals surface area contributed by atoms with Crippen LogP contribution in [0.25, 0.3) is 0 Å². The lowest BCUT2D eigenvalue weighted by atomic mass is 9.93. The molecule has 0 heterocycles. The van der Waals surface area contributed by atoms with Crippen molar-refractivity contribution in [3.05, 3.63) is 65.7 Å². The summed E-state index contributed by atoms with van der Waals surface area (Å²) in [5.41, 5.74) is 2.21. The van der Waals surface area contributed by atoms with E-state index in [1.165, 1.54) is 0 Å². The van der Waals surface area contributed by atoms with Crippen molar-refractivity contribution in [2.75, 3.05) is 6.54 Å². The summed E-state index contributed by atoms with van der Waals surface area (Å²) in [5.74, 6) is 1.69. The van der Waals surface area contributed by atoms with Gasteiger partial charge in [-0.2, -0.15) is 0 Å². The molecule has 0 spiro atoms. The van der Waals surface area contributed by atoms with Gasteiger partial charge < -0.3 is 20.5 Å². The van der Waals surface area contributed by atoms with Crippen LogP contribution in [0.4, 0.5) is 0 Å². The first kappa shape index (κ1) is 23.5. The average molecular weight is 509 g/mol. The summed E-state index contributed by atoms with van der Waals surface area (Å²) in [6, 6.07) is 18.6. The van der Waals surface area contributed by atoms with Crippen LogP contribution in [0.2, 0.25) is 0 Å². The second-order valence-electron chi connectivity index (χ2n) is 7.23. The Kier molecular flexibility index (Phi) is 10.3. The van der Waals surface area contributed by atoms with Gasteiger partial charge in [-0.3, -0.25) is 0 Å². The van der Waals surface area contributed by atoms with Crippen LogP contribution in [0.1, 0.15) is 43.7 Å². The fourth-order valence-electron chi connectivity index (χ4n) is 3.41. The first-order valence-electron chi connectivity index (χ1n) is 10.2. The quantitative estimate of drug-likeness (QED) is 0.297. The molecule has 0 unspecified atom stereocenters. The van der Waals surface area contributed by atoms with Gasteiger partial charge in [-0.05, 0) is 44.2 Å². The number of hydrogen-bond acceptors (Lipinski definition) is 3. The Bertz CT molecular complexity index is 747. The molecule has 0 saturated heterocycles. The van der Waals surface area contributed by atoms with Crippen LogP contribution in [-0.4, -0.2) is 29.8 Å². The zero-order valence-corrected chi connectivity index (χ0v) is 19.3. The van der Waals surface area contributed by atoms with Crippen molar-refractivity contribution in [3.63, 3.8) is 0 Å². The molecular weight excluding hydrogens is 477 g/mol. The number of aliphatic imine (C=N–C) groups is 1. The molecule has 2 aromatic rings. The molecule has 0 bridgehead atoms. The molecule has 0 radical (unpaired) electrons. The largest absolute Gasteiger partial charge is 0.489 e. The minimum Gasteiger partial charge on any atom is -0.489 e. The number of guanidine groups is 1. The Balaban J connectivity index is 0.00000300. The van der Waals surface area contributed by atoms with E-state index in [2.05, 4.69) is 35.8 Å². The van der Waals surface area contributed by atoms with Crippen LogP contribution in [0, 0.1) is 0 Å². The Hall–Kier alpha value is -1.80. The third-order valence-corrected chi connectivity index (χ3v) is 5.00. The third-order valence-electron chi connectivity index (χ3n) is 5.00. The molecule has 0 aliphatic heterocycles. The van der Waals surface area contributed by atoms with E-state index in [1.54, 1.807) is 0 Å². The molecule has 1 fully saturated rings. The van der Waals surface area contributed by atoms with Gasteiger partial charge in [0.15, 0.2) is 5.96 Å². The van der Waals surface area contributed by atoms with Crippen LogP contribution in [0.15, 0.2) is 59.6 Å². The number of ether oxygens (including phenoxy) is 1. The van der Waals surface area contributed by atoms with Gasteiger partial charge in [0.1, 0.15) is 12.4 Å². The molecule has 2 aromatic carbocycles. The molecule has 0 atom stereocenters. The molecule has 6 heteroatoms. The van der Waals surface area contributed by atoms with Crippen LogP contribution < -0.4 is 15.4 Å². The minimum absolute atomic E-state index is 0. The number of nitrogens with zero attached hydrogens (tertiary/aromatic N) is 1. The SMILES string of the molecule is CCNC(=NCc1ccccc1OCc1ccccc1)NC1CCC(O)CC1.I. The highest BCUT2D eigenvalue weighted by Gasteiger charge is 2.20. The molecule has 0 aromatic heterocycles. The third kappa shape index (κ3) is 7.85. The van der Waals surface area contributed by atoms with E-state index in [0.29, 0.717) is 19.2 Å². The Labute approximate surface area is 191 Å². The van der Waals surface area contributed by atoms with Gasteiger partial charge in [-0.1, -0.05) is 48.5 Å². The predicted octanol–water partition coefficient (Wildman–Crippen LogP) is 4.24. The topological polar surface area (TPSA) is 65.9 Å². The van der Waals surface area contributed by atoms with Crippen molar-refractivity contribution in [3.8, 4) is 5.75 Å². The number of nitrogens with one attached hydrogen (secondary N) is 2. The van der Waals surface area contributed by atoms with Gasteiger partial charge in [0.25, 0.3) is 0 Å². The molecule has 29 heavy (non-hydrogen) atoms. The van der Waals surface area contributed by atoms with E-state index in [0.717, 1.165) is 55.1 Å². The monoisotopic (exact) mass is 509 g/mol. The highest BCUT2D eigenvalue weighted by molar-refractivity contribution is 14.0. The summed E-state index contributed by atoms with van der Waals surface area (Å²) >= 11 is 0. The molecule has 1 saturated carbocycles. The molecule has 158 valence electrons. The van der Waals surface area contributed by atoms with E-state index in [-0.39, 0.29) is 30.1 Å². The van der Waals surface area contributed by atoms with Gasteiger partial charge in [0, 0.05) is 18.2 Å². The zero-order valence-electron chi connectivity index (χ0n) is 17.0. The highest BCUT2D eigenvalue weighted by Crippen LogP contribution is 2.21. The number of rotatable bonds is 7. The summed E-state index contributed by atoms with van der Waals surface area (Å²) in [6.45, 7) is 3.98. The maximum Gasteiger partial charge on any atom is 0.191 e. The van der Waals surface area contributed by atoms with E-state index >= 15 is 0 Å². The summed E-state index contributed by atoms with van der Waals surface area (Å²) in [4.78, 5) is 4.76. The van der Waals surface area contributed by atoms with Crippen LogP contribution in [0.3, 0.4) is 0 Å². The fraction of sp³-hybridized carbons (Fsp3) is 0.435. The highest BCUT2D eigenvalue weighted by atomic mass is 127. The number of aliphatic hydroxyl groups is 1.